The van der Waals surface area contributed by atoms with Crippen LogP contribution in [0.5, 0.6) is 11.5 Å². The lowest BCUT2D eigenvalue weighted by Crippen LogP contribution is -2.13. The van der Waals surface area contributed by atoms with Gasteiger partial charge in [-0.2, -0.15) is 0 Å². The quantitative estimate of drug-likeness (QED) is 0.731. The van der Waals surface area contributed by atoms with Gasteiger partial charge in [-0.1, -0.05) is 6.07 Å². The lowest BCUT2D eigenvalue weighted by molar-refractivity contribution is 0.102. The van der Waals surface area contributed by atoms with Crippen molar-refractivity contribution in [3.63, 3.8) is 0 Å². The zero-order valence-electron chi connectivity index (χ0n) is 9.52. The summed E-state index contributed by atoms with van der Waals surface area (Å²) in [5.74, 6) is -3.60. The van der Waals surface area contributed by atoms with Crippen molar-refractivity contribution >= 4 is 11.6 Å². The molecule has 4 nitrogen and oxygen atoms in total. The molecule has 3 N–H and O–H groups in total. The van der Waals surface area contributed by atoms with Crippen LogP contribution in [0.25, 0.3) is 0 Å². The molecule has 0 radical (unpaired) electrons. The SMILES string of the molecule is O=C(Nc1ccc(F)cc1F)c1cccc(O)c1O. The van der Waals surface area contributed by atoms with E-state index in [1.807, 2.05) is 0 Å². The number of carbonyl (C=O) groups is 1. The predicted molar refractivity (Wildman–Crippen MR) is 64.1 cm³/mol. The van der Waals surface area contributed by atoms with Gasteiger partial charge in [0, 0.05) is 6.07 Å². The maximum absolute atomic E-state index is 13.3. The number of rotatable bonds is 2. The predicted octanol–water partition coefficient (Wildman–Crippen LogP) is 2.63. The van der Waals surface area contributed by atoms with E-state index in [1.54, 1.807) is 0 Å². The molecule has 2 aromatic carbocycles. The lowest BCUT2D eigenvalue weighted by Gasteiger charge is -2.08. The summed E-state index contributed by atoms with van der Waals surface area (Å²) in [6.45, 7) is 0. The van der Waals surface area contributed by atoms with E-state index < -0.39 is 29.0 Å². The number of nitrogens with one attached hydrogen (secondary N) is 1. The van der Waals surface area contributed by atoms with Crippen LogP contribution in [-0.2, 0) is 0 Å². The number of phenolic OH excluding ortho intramolecular Hbond substituents is 2. The van der Waals surface area contributed by atoms with E-state index in [1.165, 1.54) is 18.2 Å². The Bertz CT molecular complexity index is 644. The van der Waals surface area contributed by atoms with Crippen LogP contribution in [0.3, 0.4) is 0 Å². The topological polar surface area (TPSA) is 69.6 Å². The summed E-state index contributed by atoms with van der Waals surface area (Å²) in [5, 5.41) is 20.9. The minimum atomic E-state index is -0.937. The van der Waals surface area contributed by atoms with Gasteiger partial charge in [0.1, 0.15) is 11.6 Å². The van der Waals surface area contributed by atoms with Gasteiger partial charge in [-0.05, 0) is 24.3 Å². The maximum atomic E-state index is 13.3. The number of carbonyl (C=O) groups excluding carboxylic acids is 1. The van der Waals surface area contributed by atoms with Crippen molar-refractivity contribution < 1.29 is 23.8 Å². The largest absolute Gasteiger partial charge is 0.504 e. The van der Waals surface area contributed by atoms with E-state index in [2.05, 4.69) is 5.32 Å². The molecule has 0 aromatic heterocycles. The number of phenols is 2. The fraction of sp³-hybridized carbons (Fsp3) is 0. The summed E-state index contributed by atoms with van der Waals surface area (Å²) < 4.78 is 26.0. The Kier molecular flexibility index (Phi) is 3.33. The second-order valence-electron chi connectivity index (χ2n) is 3.75. The zero-order chi connectivity index (χ0) is 14.0. The van der Waals surface area contributed by atoms with E-state index in [0.717, 1.165) is 12.1 Å². The molecule has 19 heavy (non-hydrogen) atoms. The highest BCUT2D eigenvalue weighted by molar-refractivity contribution is 6.06. The first-order valence-corrected chi connectivity index (χ1v) is 5.26. The van der Waals surface area contributed by atoms with E-state index in [9.17, 15) is 23.8 Å². The molecule has 0 atom stereocenters. The van der Waals surface area contributed by atoms with Gasteiger partial charge >= 0.3 is 0 Å². The lowest BCUT2D eigenvalue weighted by atomic mass is 10.1. The summed E-state index contributed by atoms with van der Waals surface area (Å²) in [6, 6.07) is 6.47. The first-order valence-electron chi connectivity index (χ1n) is 5.26. The van der Waals surface area contributed by atoms with Crippen molar-refractivity contribution in [2.45, 2.75) is 0 Å². The van der Waals surface area contributed by atoms with Gasteiger partial charge < -0.3 is 15.5 Å². The van der Waals surface area contributed by atoms with E-state index in [0.29, 0.717) is 6.07 Å². The molecule has 98 valence electrons. The van der Waals surface area contributed by atoms with Crippen LogP contribution in [0, 0.1) is 11.6 Å². The van der Waals surface area contributed by atoms with Crippen LogP contribution in [0.1, 0.15) is 10.4 Å². The van der Waals surface area contributed by atoms with Crippen molar-refractivity contribution in [1.82, 2.24) is 0 Å². The van der Waals surface area contributed by atoms with Crippen LogP contribution >= 0.6 is 0 Å². The Balaban J connectivity index is 2.28. The average Bonchev–Trinajstić information content (AvgIpc) is 2.36. The minimum Gasteiger partial charge on any atom is -0.504 e. The summed E-state index contributed by atoms with van der Waals surface area (Å²) >= 11 is 0. The second-order valence-corrected chi connectivity index (χ2v) is 3.75. The standard InChI is InChI=1S/C13H9F2NO3/c14-7-4-5-10(9(15)6-7)16-13(19)8-2-1-3-11(17)12(8)18/h1-6,17-18H,(H,16,19). The van der Waals surface area contributed by atoms with Crippen LogP contribution in [-0.4, -0.2) is 16.1 Å². The number of hydrogen-bond donors (Lipinski definition) is 3. The molecule has 0 heterocycles. The molecule has 0 aliphatic heterocycles. The molecular formula is C13H9F2NO3. The van der Waals surface area contributed by atoms with Crippen molar-refractivity contribution in [2.75, 3.05) is 5.32 Å². The molecule has 0 saturated carbocycles. The van der Waals surface area contributed by atoms with Crippen LogP contribution in [0.15, 0.2) is 36.4 Å². The van der Waals surface area contributed by atoms with Gasteiger partial charge in [-0.3, -0.25) is 4.79 Å². The summed E-state index contributed by atoms with van der Waals surface area (Å²) in [4.78, 5) is 11.8. The van der Waals surface area contributed by atoms with Crippen LogP contribution < -0.4 is 5.32 Å². The molecule has 0 saturated heterocycles. The minimum absolute atomic E-state index is 0.219. The molecule has 0 aliphatic carbocycles. The Morgan fingerprint density at radius 1 is 1.11 bits per heavy atom. The number of benzene rings is 2. The number of aromatic hydroxyl groups is 2. The molecule has 0 unspecified atom stereocenters. The van der Waals surface area contributed by atoms with Gasteiger partial charge in [0.2, 0.25) is 0 Å². The monoisotopic (exact) mass is 265 g/mol. The smallest absolute Gasteiger partial charge is 0.259 e. The molecule has 1 amide bonds. The highest BCUT2D eigenvalue weighted by Crippen LogP contribution is 2.29. The third-order valence-corrected chi connectivity index (χ3v) is 2.44. The Labute approximate surface area is 106 Å². The fourth-order valence-electron chi connectivity index (χ4n) is 1.50. The number of anilines is 1. The van der Waals surface area contributed by atoms with Crippen molar-refractivity contribution in [2.24, 2.45) is 0 Å². The molecule has 2 aromatic rings. The molecule has 0 spiro atoms. The van der Waals surface area contributed by atoms with E-state index in [-0.39, 0.29) is 11.3 Å². The highest BCUT2D eigenvalue weighted by atomic mass is 19.1. The summed E-state index contributed by atoms with van der Waals surface area (Å²) in [7, 11) is 0. The van der Waals surface area contributed by atoms with Gasteiger partial charge in [-0.25, -0.2) is 8.78 Å². The number of hydrogen-bond acceptors (Lipinski definition) is 3. The molecule has 6 heteroatoms. The molecule has 2 rings (SSSR count). The fourth-order valence-corrected chi connectivity index (χ4v) is 1.50. The second kappa shape index (κ2) is 4.93. The maximum Gasteiger partial charge on any atom is 0.259 e. The van der Waals surface area contributed by atoms with Gasteiger partial charge in [0.15, 0.2) is 11.5 Å². The first kappa shape index (κ1) is 12.8. The Hall–Kier alpha value is -2.63. The first-order chi connectivity index (χ1) is 8.99. The van der Waals surface area contributed by atoms with Gasteiger partial charge in [-0.15, -0.1) is 0 Å². The van der Waals surface area contributed by atoms with Crippen LogP contribution in [0.4, 0.5) is 14.5 Å². The van der Waals surface area contributed by atoms with Crippen molar-refractivity contribution in [3.05, 3.63) is 53.6 Å². The molecule has 0 aliphatic rings. The summed E-state index contributed by atoms with van der Waals surface area (Å²) in [6.07, 6.45) is 0. The van der Waals surface area contributed by atoms with Crippen molar-refractivity contribution in [3.8, 4) is 11.5 Å². The van der Waals surface area contributed by atoms with Crippen LogP contribution in [0.2, 0.25) is 0 Å². The number of halogens is 2. The Morgan fingerprint density at radius 2 is 1.84 bits per heavy atom. The van der Waals surface area contributed by atoms with E-state index >= 15 is 0 Å². The van der Waals surface area contributed by atoms with Gasteiger partial charge in [0.05, 0.1) is 11.3 Å². The number of amides is 1. The zero-order valence-corrected chi connectivity index (χ0v) is 9.52. The normalized spacial score (nSPS) is 10.2. The van der Waals surface area contributed by atoms with Crippen molar-refractivity contribution in [1.29, 1.82) is 0 Å². The number of para-hydroxylation sites is 1. The molecule has 0 bridgehead atoms. The summed E-state index contributed by atoms with van der Waals surface area (Å²) in [5.41, 5.74) is -0.446. The third-order valence-electron chi connectivity index (χ3n) is 2.44. The third kappa shape index (κ3) is 2.62. The molecular weight excluding hydrogens is 256 g/mol. The van der Waals surface area contributed by atoms with Gasteiger partial charge in [0.25, 0.3) is 5.91 Å². The molecule has 0 fully saturated rings. The Morgan fingerprint density at radius 3 is 2.53 bits per heavy atom. The van der Waals surface area contributed by atoms with E-state index in [4.69, 9.17) is 0 Å². The average molecular weight is 265 g/mol. The highest BCUT2D eigenvalue weighted by Gasteiger charge is 2.15.